The van der Waals surface area contributed by atoms with Gasteiger partial charge in [-0.2, -0.15) is 0 Å². The van der Waals surface area contributed by atoms with Crippen LogP contribution in [0.3, 0.4) is 0 Å². The van der Waals surface area contributed by atoms with Gasteiger partial charge in [-0.05, 0) is 42.7 Å². The highest BCUT2D eigenvalue weighted by atomic mass is 16.3. The second-order valence-corrected chi connectivity index (χ2v) is 5.30. The summed E-state index contributed by atoms with van der Waals surface area (Å²) in [4.78, 5) is 0. The van der Waals surface area contributed by atoms with Crippen LogP contribution in [0.15, 0.2) is 24.3 Å². The number of hydrogen-bond acceptors (Lipinski definition) is 2. The number of aliphatic hydroxyl groups excluding tert-OH is 1. The lowest BCUT2D eigenvalue weighted by Crippen LogP contribution is -2.45. The second kappa shape index (κ2) is 3.57. The molecule has 2 heteroatoms. The van der Waals surface area contributed by atoms with E-state index in [4.69, 9.17) is 5.73 Å². The third kappa shape index (κ3) is 1.33. The van der Waals surface area contributed by atoms with Gasteiger partial charge in [0.25, 0.3) is 0 Å². The van der Waals surface area contributed by atoms with Gasteiger partial charge < -0.3 is 10.8 Å². The molecule has 0 heterocycles. The molecule has 2 aliphatic carbocycles. The third-order valence-electron chi connectivity index (χ3n) is 4.39. The molecule has 1 fully saturated rings. The molecule has 0 amide bonds. The first-order chi connectivity index (χ1) is 7.78. The molecule has 86 valence electrons. The van der Waals surface area contributed by atoms with E-state index in [1.165, 1.54) is 24.0 Å². The van der Waals surface area contributed by atoms with Crippen LogP contribution in [0.5, 0.6) is 0 Å². The average molecular weight is 217 g/mol. The van der Waals surface area contributed by atoms with Gasteiger partial charge >= 0.3 is 0 Å². The molecule has 3 N–H and O–H groups in total. The van der Waals surface area contributed by atoms with Crippen molar-refractivity contribution in [2.75, 3.05) is 6.54 Å². The summed E-state index contributed by atoms with van der Waals surface area (Å²) in [7, 11) is 0. The Bertz CT molecular complexity index is 399. The number of rotatable bonds is 3. The molecule has 2 aliphatic rings. The molecule has 0 aliphatic heterocycles. The first-order valence-corrected chi connectivity index (χ1v) is 6.24. The van der Waals surface area contributed by atoms with Crippen LogP contribution in [0.25, 0.3) is 0 Å². The fourth-order valence-electron chi connectivity index (χ4n) is 3.22. The second-order valence-electron chi connectivity index (χ2n) is 5.30. The maximum absolute atomic E-state index is 10.5. The van der Waals surface area contributed by atoms with Gasteiger partial charge in [-0.15, -0.1) is 0 Å². The predicted molar refractivity (Wildman–Crippen MR) is 64.2 cm³/mol. The largest absolute Gasteiger partial charge is 0.392 e. The topological polar surface area (TPSA) is 46.2 Å². The van der Waals surface area contributed by atoms with E-state index in [2.05, 4.69) is 24.3 Å². The normalized spacial score (nSPS) is 30.1. The number of nitrogens with two attached hydrogens (primary N) is 1. The average Bonchev–Trinajstić information content (AvgIpc) is 3.10. The monoisotopic (exact) mass is 217 g/mol. The standard InChI is InChI=1S/C14H19NO/c15-9-14(13(16)11-5-6-11)8-7-10-3-1-2-4-12(10)14/h1-4,11,13,16H,5-9,15H2. The third-order valence-corrected chi connectivity index (χ3v) is 4.39. The van der Waals surface area contributed by atoms with Crippen LogP contribution in [0, 0.1) is 5.92 Å². The molecule has 0 spiro atoms. The Hall–Kier alpha value is -0.860. The van der Waals surface area contributed by atoms with Gasteiger partial charge in [0.05, 0.1) is 6.10 Å². The van der Waals surface area contributed by atoms with Crippen LogP contribution in [0.4, 0.5) is 0 Å². The van der Waals surface area contributed by atoms with Crippen LogP contribution in [0.2, 0.25) is 0 Å². The fourth-order valence-corrected chi connectivity index (χ4v) is 3.22. The number of fused-ring (bicyclic) bond motifs is 1. The van der Waals surface area contributed by atoms with E-state index < -0.39 is 0 Å². The zero-order valence-electron chi connectivity index (χ0n) is 9.52. The molecule has 0 aromatic heterocycles. The molecule has 2 nitrogen and oxygen atoms in total. The summed E-state index contributed by atoms with van der Waals surface area (Å²) in [5.74, 6) is 0.495. The fraction of sp³-hybridized carbons (Fsp3) is 0.571. The van der Waals surface area contributed by atoms with E-state index in [-0.39, 0.29) is 11.5 Å². The van der Waals surface area contributed by atoms with Crippen molar-refractivity contribution in [2.45, 2.75) is 37.2 Å². The Balaban J connectivity index is 2.02. The molecule has 3 rings (SSSR count). The Morgan fingerprint density at radius 2 is 2.12 bits per heavy atom. The van der Waals surface area contributed by atoms with E-state index in [0.29, 0.717) is 12.5 Å². The van der Waals surface area contributed by atoms with E-state index in [9.17, 15) is 5.11 Å². The maximum atomic E-state index is 10.5. The lowest BCUT2D eigenvalue weighted by atomic mass is 9.75. The van der Waals surface area contributed by atoms with Crippen molar-refractivity contribution in [3.63, 3.8) is 0 Å². The Kier molecular flexibility index (Phi) is 2.30. The number of aliphatic hydroxyl groups is 1. The summed E-state index contributed by atoms with van der Waals surface area (Å²) in [6.07, 6.45) is 4.19. The summed E-state index contributed by atoms with van der Waals surface area (Å²) in [6, 6.07) is 8.47. The van der Waals surface area contributed by atoms with Crippen molar-refractivity contribution < 1.29 is 5.11 Å². The Morgan fingerprint density at radius 1 is 1.38 bits per heavy atom. The van der Waals surface area contributed by atoms with E-state index >= 15 is 0 Å². The van der Waals surface area contributed by atoms with Gasteiger partial charge in [-0.3, -0.25) is 0 Å². The van der Waals surface area contributed by atoms with Gasteiger partial charge in [0.1, 0.15) is 0 Å². The molecular formula is C14H19NO. The Morgan fingerprint density at radius 3 is 2.81 bits per heavy atom. The highest BCUT2D eigenvalue weighted by Gasteiger charge is 2.49. The van der Waals surface area contributed by atoms with Gasteiger partial charge in [0.2, 0.25) is 0 Å². The van der Waals surface area contributed by atoms with Gasteiger partial charge in [0, 0.05) is 12.0 Å². The van der Waals surface area contributed by atoms with Crippen molar-refractivity contribution in [3.8, 4) is 0 Å². The van der Waals surface area contributed by atoms with Crippen molar-refractivity contribution in [1.82, 2.24) is 0 Å². The van der Waals surface area contributed by atoms with E-state index in [1.807, 2.05) is 0 Å². The summed E-state index contributed by atoms with van der Waals surface area (Å²) < 4.78 is 0. The van der Waals surface area contributed by atoms with Gasteiger partial charge in [-0.25, -0.2) is 0 Å². The smallest absolute Gasteiger partial charge is 0.0677 e. The number of aryl methyl sites for hydroxylation is 1. The minimum absolute atomic E-state index is 0.155. The summed E-state index contributed by atoms with van der Waals surface area (Å²) >= 11 is 0. The van der Waals surface area contributed by atoms with E-state index in [0.717, 1.165) is 12.8 Å². The predicted octanol–water partition coefficient (Wildman–Crippen LogP) is 1.60. The summed E-state index contributed by atoms with van der Waals surface area (Å²) in [6.45, 7) is 0.571. The molecule has 2 atom stereocenters. The van der Waals surface area contributed by atoms with Gasteiger partial charge in [0.15, 0.2) is 0 Å². The Labute approximate surface area is 96.5 Å². The number of hydrogen-bond donors (Lipinski definition) is 2. The van der Waals surface area contributed by atoms with Crippen LogP contribution in [-0.4, -0.2) is 17.8 Å². The summed E-state index contributed by atoms with van der Waals surface area (Å²) in [5.41, 5.74) is 8.52. The number of benzene rings is 1. The van der Waals surface area contributed by atoms with Crippen molar-refractivity contribution in [2.24, 2.45) is 11.7 Å². The molecule has 0 radical (unpaired) electrons. The zero-order valence-corrected chi connectivity index (χ0v) is 9.52. The first kappa shape index (κ1) is 10.3. The lowest BCUT2D eigenvalue weighted by Gasteiger charge is -2.34. The zero-order chi connectivity index (χ0) is 11.2. The molecule has 2 unspecified atom stereocenters. The van der Waals surface area contributed by atoms with E-state index in [1.54, 1.807) is 0 Å². The van der Waals surface area contributed by atoms with Crippen LogP contribution in [0.1, 0.15) is 30.4 Å². The molecule has 1 aromatic carbocycles. The molecule has 0 bridgehead atoms. The van der Waals surface area contributed by atoms with Crippen LogP contribution >= 0.6 is 0 Å². The quantitative estimate of drug-likeness (QED) is 0.808. The SMILES string of the molecule is NCC1(C(O)C2CC2)CCc2ccccc21. The molecule has 1 saturated carbocycles. The first-order valence-electron chi connectivity index (χ1n) is 6.24. The van der Waals surface area contributed by atoms with Crippen LogP contribution < -0.4 is 5.73 Å². The lowest BCUT2D eigenvalue weighted by molar-refractivity contribution is 0.0644. The minimum Gasteiger partial charge on any atom is -0.392 e. The molecular weight excluding hydrogens is 198 g/mol. The molecule has 1 aromatic rings. The van der Waals surface area contributed by atoms with Crippen molar-refractivity contribution in [3.05, 3.63) is 35.4 Å². The summed E-state index contributed by atoms with van der Waals surface area (Å²) in [5, 5.41) is 10.5. The highest BCUT2D eigenvalue weighted by Crippen LogP contribution is 2.48. The molecule has 0 saturated heterocycles. The van der Waals surface area contributed by atoms with Crippen LogP contribution in [-0.2, 0) is 11.8 Å². The minimum atomic E-state index is -0.235. The highest BCUT2D eigenvalue weighted by molar-refractivity contribution is 5.41. The van der Waals surface area contributed by atoms with Crippen molar-refractivity contribution >= 4 is 0 Å². The van der Waals surface area contributed by atoms with Gasteiger partial charge in [-0.1, -0.05) is 24.3 Å². The molecule has 16 heavy (non-hydrogen) atoms. The maximum Gasteiger partial charge on any atom is 0.0677 e. The van der Waals surface area contributed by atoms with Crippen molar-refractivity contribution in [1.29, 1.82) is 0 Å².